The zero-order valence-electron chi connectivity index (χ0n) is 12.1. The normalized spacial score (nSPS) is 10.4. The molecule has 0 heterocycles. The molecule has 0 N–H and O–H groups in total. The van der Waals surface area contributed by atoms with Crippen LogP contribution >= 0.6 is 0 Å². The molecule has 0 saturated heterocycles. The van der Waals surface area contributed by atoms with Gasteiger partial charge in [0.25, 0.3) is 5.91 Å². The largest absolute Gasteiger partial charge is 0.465 e. The summed E-state index contributed by atoms with van der Waals surface area (Å²) in [5.41, 5.74) is 0.0633. The van der Waals surface area contributed by atoms with Gasteiger partial charge in [-0.1, -0.05) is 6.92 Å². The molecular weight excluding hydrogens is 284 g/mol. The van der Waals surface area contributed by atoms with Gasteiger partial charge in [-0.2, -0.15) is 8.78 Å². The Morgan fingerprint density at radius 1 is 1.24 bits per heavy atom. The first kappa shape index (κ1) is 16.9. The number of hydrogen-bond donors (Lipinski definition) is 0. The second-order valence-corrected chi connectivity index (χ2v) is 4.34. The second-order valence-electron chi connectivity index (χ2n) is 4.34. The molecule has 21 heavy (non-hydrogen) atoms. The Hall–Kier alpha value is -2.18. The number of rotatable bonds is 6. The van der Waals surface area contributed by atoms with E-state index in [0.717, 1.165) is 19.6 Å². The molecule has 0 radical (unpaired) electrons. The molecule has 0 aromatic heterocycles. The van der Waals surface area contributed by atoms with Crippen LogP contribution in [-0.2, 0) is 4.74 Å². The van der Waals surface area contributed by atoms with Crippen molar-refractivity contribution in [2.75, 3.05) is 20.7 Å². The van der Waals surface area contributed by atoms with E-state index in [9.17, 15) is 18.4 Å². The van der Waals surface area contributed by atoms with Gasteiger partial charge >= 0.3 is 12.6 Å². The van der Waals surface area contributed by atoms with E-state index in [0.29, 0.717) is 6.54 Å². The van der Waals surface area contributed by atoms with Crippen LogP contribution in [-0.4, -0.2) is 44.1 Å². The molecule has 0 aliphatic rings. The molecule has 0 unspecified atom stereocenters. The zero-order chi connectivity index (χ0) is 16.0. The van der Waals surface area contributed by atoms with Crippen molar-refractivity contribution in [1.82, 2.24) is 4.90 Å². The van der Waals surface area contributed by atoms with Crippen molar-refractivity contribution in [3.8, 4) is 5.75 Å². The van der Waals surface area contributed by atoms with Crippen molar-refractivity contribution < 1.29 is 27.8 Å². The summed E-state index contributed by atoms with van der Waals surface area (Å²) >= 11 is 0. The minimum absolute atomic E-state index is 0.0242. The summed E-state index contributed by atoms with van der Waals surface area (Å²) < 4.78 is 33.4. The van der Waals surface area contributed by atoms with Crippen LogP contribution in [0.5, 0.6) is 5.75 Å². The maximum atomic E-state index is 12.3. The van der Waals surface area contributed by atoms with E-state index >= 15 is 0 Å². The molecular formula is C14H17F2NO4. The first-order chi connectivity index (χ1) is 9.88. The van der Waals surface area contributed by atoms with Crippen LogP contribution in [0.1, 0.15) is 34.1 Å². The van der Waals surface area contributed by atoms with Gasteiger partial charge in [-0.3, -0.25) is 4.79 Å². The number of halogens is 2. The van der Waals surface area contributed by atoms with Crippen molar-refractivity contribution in [2.24, 2.45) is 0 Å². The molecule has 0 saturated carbocycles. The standard InChI is InChI=1S/C14H17F2NO4/c1-4-5-17(2)12(18)9-6-10(13(19)20-3)8-11(7-9)21-14(15)16/h6-8,14H,4-5H2,1-3H3. The monoisotopic (exact) mass is 301 g/mol. The average Bonchev–Trinajstić information content (AvgIpc) is 2.44. The number of alkyl halides is 2. The molecule has 1 aromatic rings. The van der Waals surface area contributed by atoms with Gasteiger partial charge in [0.1, 0.15) is 5.75 Å². The highest BCUT2D eigenvalue weighted by molar-refractivity contribution is 5.98. The van der Waals surface area contributed by atoms with Gasteiger partial charge in [0.05, 0.1) is 12.7 Å². The summed E-state index contributed by atoms with van der Waals surface area (Å²) in [6.07, 6.45) is 0.749. The molecule has 1 aromatic carbocycles. The summed E-state index contributed by atoms with van der Waals surface area (Å²) in [7, 11) is 2.75. The lowest BCUT2D eigenvalue weighted by atomic mass is 10.1. The van der Waals surface area contributed by atoms with E-state index in [1.165, 1.54) is 17.0 Å². The van der Waals surface area contributed by atoms with Gasteiger partial charge in [-0.05, 0) is 24.6 Å². The Balaban J connectivity index is 3.17. The van der Waals surface area contributed by atoms with Gasteiger partial charge in [-0.25, -0.2) is 4.79 Å². The van der Waals surface area contributed by atoms with Gasteiger partial charge < -0.3 is 14.4 Å². The molecule has 5 nitrogen and oxygen atoms in total. The lowest BCUT2D eigenvalue weighted by Gasteiger charge is -2.17. The molecule has 1 amide bonds. The minimum atomic E-state index is -3.05. The Morgan fingerprint density at radius 3 is 2.38 bits per heavy atom. The SMILES string of the molecule is CCCN(C)C(=O)c1cc(OC(F)F)cc(C(=O)OC)c1. The third-order valence-electron chi connectivity index (χ3n) is 2.71. The number of methoxy groups -OCH3 is 1. The third-order valence-corrected chi connectivity index (χ3v) is 2.71. The number of ether oxygens (including phenoxy) is 2. The number of esters is 1. The summed E-state index contributed by atoms with van der Waals surface area (Å²) in [5.74, 6) is -1.38. The third kappa shape index (κ3) is 4.70. The number of hydrogen-bond acceptors (Lipinski definition) is 4. The number of carbonyl (C=O) groups is 2. The Morgan fingerprint density at radius 2 is 1.86 bits per heavy atom. The van der Waals surface area contributed by atoms with E-state index in [1.807, 2.05) is 6.92 Å². The van der Waals surface area contributed by atoms with E-state index < -0.39 is 12.6 Å². The lowest BCUT2D eigenvalue weighted by molar-refractivity contribution is -0.0499. The topological polar surface area (TPSA) is 55.8 Å². The molecule has 0 spiro atoms. The first-order valence-electron chi connectivity index (χ1n) is 6.32. The number of nitrogens with zero attached hydrogens (tertiary/aromatic N) is 1. The van der Waals surface area contributed by atoms with Crippen LogP contribution in [0.3, 0.4) is 0 Å². The second kappa shape index (κ2) is 7.56. The Bertz CT molecular complexity index is 520. The molecule has 0 fully saturated rings. The maximum Gasteiger partial charge on any atom is 0.387 e. The Labute approximate surface area is 121 Å². The van der Waals surface area contributed by atoms with Crippen LogP contribution in [0.4, 0.5) is 8.78 Å². The van der Waals surface area contributed by atoms with E-state index in [4.69, 9.17) is 0 Å². The lowest BCUT2D eigenvalue weighted by Crippen LogP contribution is -2.27. The smallest absolute Gasteiger partial charge is 0.387 e. The highest BCUT2D eigenvalue weighted by Crippen LogP contribution is 2.21. The summed E-state index contributed by atoms with van der Waals surface area (Å²) in [6, 6.07) is 3.57. The minimum Gasteiger partial charge on any atom is -0.465 e. The predicted molar refractivity (Wildman–Crippen MR) is 71.7 cm³/mol. The summed E-state index contributed by atoms with van der Waals surface area (Å²) in [4.78, 5) is 25.1. The first-order valence-corrected chi connectivity index (χ1v) is 6.32. The number of amides is 1. The molecule has 7 heteroatoms. The van der Waals surface area contributed by atoms with Crippen molar-refractivity contribution in [3.05, 3.63) is 29.3 Å². The van der Waals surface area contributed by atoms with E-state index in [-0.39, 0.29) is 22.8 Å². The van der Waals surface area contributed by atoms with Gasteiger partial charge in [0, 0.05) is 19.2 Å². The Kier molecular flexibility index (Phi) is 6.08. The molecule has 0 atom stereocenters. The van der Waals surface area contributed by atoms with E-state index in [2.05, 4.69) is 9.47 Å². The van der Waals surface area contributed by atoms with Crippen LogP contribution in [0.25, 0.3) is 0 Å². The van der Waals surface area contributed by atoms with Crippen molar-refractivity contribution >= 4 is 11.9 Å². The van der Waals surface area contributed by atoms with Gasteiger partial charge in [0.15, 0.2) is 0 Å². The van der Waals surface area contributed by atoms with Crippen LogP contribution in [0.2, 0.25) is 0 Å². The van der Waals surface area contributed by atoms with Crippen LogP contribution in [0.15, 0.2) is 18.2 Å². The number of carbonyl (C=O) groups excluding carboxylic acids is 2. The summed E-state index contributed by atoms with van der Waals surface area (Å²) in [6.45, 7) is -0.638. The molecule has 116 valence electrons. The fourth-order valence-electron chi connectivity index (χ4n) is 1.79. The van der Waals surface area contributed by atoms with E-state index in [1.54, 1.807) is 7.05 Å². The van der Waals surface area contributed by atoms with Crippen LogP contribution in [0, 0.1) is 0 Å². The summed E-state index contributed by atoms with van der Waals surface area (Å²) in [5, 5.41) is 0. The highest BCUT2D eigenvalue weighted by atomic mass is 19.3. The van der Waals surface area contributed by atoms with Gasteiger partial charge in [-0.15, -0.1) is 0 Å². The van der Waals surface area contributed by atoms with Gasteiger partial charge in [0.2, 0.25) is 0 Å². The maximum absolute atomic E-state index is 12.3. The molecule has 1 rings (SSSR count). The number of benzene rings is 1. The molecule has 0 aliphatic heterocycles. The quantitative estimate of drug-likeness (QED) is 0.758. The molecule has 0 aliphatic carbocycles. The fourth-order valence-corrected chi connectivity index (χ4v) is 1.79. The van der Waals surface area contributed by atoms with Crippen molar-refractivity contribution in [2.45, 2.75) is 20.0 Å². The highest BCUT2D eigenvalue weighted by Gasteiger charge is 2.18. The molecule has 0 bridgehead atoms. The van der Waals surface area contributed by atoms with Crippen molar-refractivity contribution in [1.29, 1.82) is 0 Å². The van der Waals surface area contributed by atoms with Crippen molar-refractivity contribution in [3.63, 3.8) is 0 Å². The predicted octanol–water partition coefficient (Wildman–Crippen LogP) is 2.56. The van der Waals surface area contributed by atoms with Crippen LogP contribution < -0.4 is 4.74 Å². The average molecular weight is 301 g/mol. The zero-order valence-corrected chi connectivity index (χ0v) is 12.1. The fraction of sp³-hybridized carbons (Fsp3) is 0.429.